The van der Waals surface area contributed by atoms with Crippen molar-refractivity contribution in [2.24, 2.45) is 17.4 Å². The van der Waals surface area contributed by atoms with E-state index >= 15 is 0 Å². The summed E-state index contributed by atoms with van der Waals surface area (Å²) < 4.78 is 0. The van der Waals surface area contributed by atoms with Crippen molar-refractivity contribution in [2.75, 3.05) is 31.6 Å². The number of thioether (sulfide) groups is 1. The number of amides is 12. The van der Waals surface area contributed by atoms with E-state index in [0.29, 0.717) is 23.3 Å². The number of rotatable bonds is 36. The smallest absolute Gasteiger partial charge is 0.305 e. The van der Waals surface area contributed by atoms with Crippen LogP contribution in [0.2, 0.25) is 0 Å². The van der Waals surface area contributed by atoms with Crippen LogP contribution in [0.5, 0.6) is 5.75 Å². The van der Waals surface area contributed by atoms with Crippen molar-refractivity contribution in [3.63, 3.8) is 0 Å². The van der Waals surface area contributed by atoms with E-state index in [1.54, 1.807) is 30.3 Å². The lowest BCUT2D eigenvalue weighted by molar-refractivity contribution is -0.146. The number of aromatic hydroxyl groups is 1. The number of unbranched alkanes of at least 4 members (excludes halogenated alkanes) is 1. The van der Waals surface area contributed by atoms with Crippen LogP contribution in [0.4, 0.5) is 0 Å². The van der Waals surface area contributed by atoms with Gasteiger partial charge in [-0.15, -0.1) is 0 Å². The van der Waals surface area contributed by atoms with E-state index in [-0.39, 0.29) is 94.9 Å². The zero-order valence-electron chi connectivity index (χ0n) is 50.1. The van der Waals surface area contributed by atoms with E-state index in [2.05, 4.69) is 53.2 Å². The third-order valence-corrected chi connectivity index (χ3v) is 15.2. The number of nitrogens with one attached hydrogen (secondary N) is 10. The molecule has 0 aliphatic carbocycles. The third-order valence-electron chi connectivity index (χ3n) is 14.5. The molecule has 0 saturated carbocycles. The molecule has 4 rings (SSSR count). The number of nitrogens with two attached hydrogens (primary N) is 2. The van der Waals surface area contributed by atoms with Crippen LogP contribution in [0, 0.1) is 5.92 Å². The Kier molecular flexibility index (Phi) is 29.5. The summed E-state index contributed by atoms with van der Waals surface area (Å²) in [6, 6.07) is 0.564. The van der Waals surface area contributed by atoms with E-state index in [1.807, 2.05) is 20.1 Å². The molecule has 2 fully saturated rings. The highest BCUT2D eigenvalue weighted by Crippen LogP contribution is 2.21. The highest BCUT2D eigenvalue weighted by atomic mass is 32.2. The summed E-state index contributed by atoms with van der Waals surface area (Å²) in [5, 5.41) is 56.1. The molecular formula is C58H85N13O16S. The lowest BCUT2D eigenvalue weighted by atomic mass is 10.0. The quantitative estimate of drug-likeness (QED) is 0.0298. The number of aliphatic hydroxyl groups excluding tert-OH is 1. The molecule has 484 valence electrons. The summed E-state index contributed by atoms with van der Waals surface area (Å²) in [6.45, 7) is 5.57. The minimum Gasteiger partial charge on any atom is -0.508 e. The van der Waals surface area contributed by atoms with Crippen molar-refractivity contribution < 1.29 is 77.6 Å². The number of benzene rings is 2. The molecule has 2 aliphatic rings. The SMILES string of the molecule is CSCC[C@H](NC(=O)[C@H](CC(C)C)NC(=O)CNC(=O)[C@H](Cc1ccc(O)cc1)NC(=O)[C@H](Cc1ccccc1)NC(=O)[C@@H](NC(=O)[C@H](CCCCN)NC(=O)[C@@H]1CCCN1C(=O)[C@H](CC(=O)O)NC(=O)[C@H](C)NC(=O)[C@@H]1CCC(=O)N1)[C@@H](C)O)C(N)=O. The first-order valence-electron chi connectivity index (χ1n) is 29.2. The molecule has 29 nitrogen and oxygen atoms in total. The highest BCUT2D eigenvalue weighted by Gasteiger charge is 2.41. The summed E-state index contributed by atoms with van der Waals surface area (Å²) in [7, 11) is 0. The molecule has 0 unspecified atom stereocenters. The number of carboxylic acid groups (broad SMARTS) is 1. The minimum absolute atomic E-state index is 0.0524. The number of aliphatic hydroxyl groups is 1. The van der Waals surface area contributed by atoms with Gasteiger partial charge < -0.3 is 84.9 Å². The number of phenols is 1. The zero-order valence-corrected chi connectivity index (χ0v) is 50.9. The van der Waals surface area contributed by atoms with Gasteiger partial charge in [-0.2, -0.15) is 11.8 Å². The maximum atomic E-state index is 14.6. The molecule has 0 aromatic heterocycles. The van der Waals surface area contributed by atoms with Gasteiger partial charge in [0.1, 0.15) is 66.2 Å². The van der Waals surface area contributed by atoms with Crippen LogP contribution < -0.4 is 64.6 Å². The predicted octanol–water partition coefficient (Wildman–Crippen LogP) is -3.27. The number of carboxylic acids is 1. The van der Waals surface area contributed by atoms with Gasteiger partial charge in [-0.05, 0) is 113 Å². The van der Waals surface area contributed by atoms with Gasteiger partial charge in [0.25, 0.3) is 0 Å². The van der Waals surface area contributed by atoms with E-state index in [0.717, 1.165) is 4.90 Å². The van der Waals surface area contributed by atoms with Gasteiger partial charge in [0.2, 0.25) is 70.9 Å². The normalized spacial score (nSPS) is 17.6. The molecule has 2 aliphatic heterocycles. The summed E-state index contributed by atoms with van der Waals surface area (Å²) in [5.41, 5.74) is 12.3. The third kappa shape index (κ3) is 23.7. The van der Waals surface area contributed by atoms with Crippen LogP contribution >= 0.6 is 11.8 Å². The average molecular weight is 1250 g/mol. The zero-order chi connectivity index (χ0) is 65.2. The topological polar surface area (TPSA) is 458 Å². The van der Waals surface area contributed by atoms with Crippen LogP contribution in [0.25, 0.3) is 0 Å². The van der Waals surface area contributed by atoms with Crippen LogP contribution in [-0.4, -0.2) is 195 Å². The number of carbonyl (C=O) groups excluding carboxylic acids is 12. The van der Waals surface area contributed by atoms with Gasteiger partial charge >= 0.3 is 5.97 Å². The van der Waals surface area contributed by atoms with E-state index in [1.165, 1.54) is 49.9 Å². The van der Waals surface area contributed by atoms with Crippen molar-refractivity contribution in [3.05, 3.63) is 65.7 Å². The number of hydrogen-bond acceptors (Lipinski definition) is 17. The number of phenolic OH excluding ortho intramolecular Hbond substituents is 1. The van der Waals surface area contributed by atoms with Gasteiger partial charge in [0.05, 0.1) is 19.1 Å². The van der Waals surface area contributed by atoms with Crippen molar-refractivity contribution in [1.82, 2.24) is 58.1 Å². The Morgan fingerprint density at radius 3 is 1.86 bits per heavy atom. The second-order valence-corrected chi connectivity index (χ2v) is 23.2. The molecule has 11 atom stereocenters. The number of primary amides is 1. The number of carbonyl (C=O) groups is 13. The van der Waals surface area contributed by atoms with Crippen LogP contribution in [-0.2, 0) is 75.2 Å². The Balaban J connectivity index is 1.53. The maximum Gasteiger partial charge on any atom is 0.305 e. The summed E-state index contributed by atoms with van der Waals surface area (Å²) in [6.07, 6.45) is 0.438. The minimum atomic E-state index is -1.80. The summed E-state index contributed by atoms with van der Waals surface area (Å²) >= 11 is 1.45. The van der Waals surface area contributed by atoms with Gasteiger partial charge in [0, 0.05) is 25.8 Å². The van der Waals surface area contributed by atoms with Gasteiger partial charge in [0.15, 0.2) is 0 Å². The molecule has 0 radical (unpaired) electrons. The Bertz CT molecular complexity index is 2780. The number of aliphatic carboxylic acids is 1. The summed E-state index contributed by atoms with van der Waals surface area (Å²) in [4.78, 5) is 175. The second-order valence-electron chi connectivity index (χ2n) is 22.2. The molecule has 12 amide bonds. The van der Waals surface area contributed by atoms with E-state index in [9.17, 15) is 77.6 Å². The van der Waals surface area contributed by atoms with Crippen LogP contribution in [0.3, 0.4) is 0 Å². The Morgan fingerprint density at radius 1 is 0.670 bits per heavy atom. The summed E-state index contributed by atoms with van der Waals surface area (Å²) in [5.74, 6) is -11.0. The fourth-order valence-electron chi connectivity index (χ4n) is 9.76. The first-order valence-corrected chi connectivity index (χ1v) is 30.6. The molecule has 2 aromatic carbocycles. The first-order chi connectivity index (χ1) is 41.7. The van der Waals surface area contributed by atoms with Gasteiger partial charge in [-0.25, -0.2) is 0 Å². The van der Waals surface area contributed by atoms with Crippen molar-refractivity contribution in [3.8, 4) is 5.75 Å². The molecule has 2 heterocycles. The monoisotopic (exact) mass is 1250 g/mol. The van der Waals surface area contributed by atoms with E-state index in [4.69, 9.17) is 11.5 Å². The van der Waals surface area contributed by atoms with Crippen LogP contribution in [0.15, 0.2) is 54.6 Å². The van der Waals surface area contributed by atoms with E-state index < -0.39 is 150 Å². The first kappa shape index (κ1) is 72.1. The highest BCUT2D eigenvalue weighted by molar-refractivity contribution is 7.98. The number of likely N-dealkylation sites (tertiary alicyclic amines) is 1. The molecule has 2 aromatic rings. The van der Waals surface area contributed by atoms with Crippen molar-refractivity contribution in [1.29, 1.82) is 0 Å². The largest absolute Gasteiger partial charge is 0.508 e. The molecular weight excluding hydrogens is 1170 g/mol. The fourth-order valence-corrected chi connectivity index (χ4v) is 10.2. The predicted molar refractivity (Wildman–Crippen MR) is 320 cm³/mol. The molecule has 0 spiro atoms. The van der Waals surface area contributed by atoms with Crippen LogP contribution in [0.1, 0.15) is 103 Å². The number of nitrogens with zero attached hydrogens (tertiary/aromatic N) is 1. The molecule has 2 saturated heterocycles. The molecule has 17 N–H and O–H groups in total. The fraction of sp³-hybridized carbons (Fsp3) is 0.569. The Morgan fingerprint density at radius 2 is 1.27 bits per heavy atom. The van der Waals surface area contributed by atoms with Crippen molar-refractivity contribution in [2.45, 2.75) is 171 Å². The van der Waals surface area contributed by atoms with Crippen molar-refractivity contribution >= 4 is 88.6 Å². The number of hydrogen-bond donors (Lipinski definition) is 15. The molecule has 30 heteroatoms. The Hall–Kier alpha value is -8.38. The van der Waals surface area contributed by atoms with Gasteiger partial charge in [-0.1, -0.05) is 56.3 Å². The Labute approximate surface area is 514 Å². The lowest BCUT2D eigenvalue weighted by Crippen LogP contribution is -2.62. The van der Waals surface area contributed by atoms with Gasteiger partial charge in [-0.3, -0.25) is 62.3 Å². The molecule has 88 heavy (non-hydrogen) atoms. The second kappa shape index (κ2) is 36.1. The molecule has 0 bridgehead atoms. The average Bonchev–Trinajstić information content (AvgIpc) is 2.15. The maximum absolute atomic E-state index is 14.6. The standard InChI is InChI=1S/C58H85N13O16S/c1-31(2)26-40(54(83)65-37(49(60)78)22-25-88-5)64-46(75)30-61-51(80)41(28-35-16-18-36(73)19-17-35)67-55(84)42(27-34-12-7-6-8-13-34)68-57(86)48(33(4)72)70-53(82)38(14-9-10-23-59)66-56(85)44-15-11-24-71(44)58(87)43(29-47(76)77)69-50(79)32(3)62-52(81)39-20-21-45(74)63-39/h6-8,12-13,16-19,31-33,37-44,48,72-73H,9-11,14-15,20-30,59H2,1-5H3,(H2,60,78)(H,61,80)(H,62,81)(H,63,74)(H,64,75)(H,65,83)(H,66,85)(H,67,84)(H,68,86)(H,69,79)(H,70,82)(H,76,77)/t32-,33+,37-,38-,39-,40-,41-,42-,43-,44-,48-/m0/s1. The lowest BCUT2D eigenvalue weighted by Gasteiger charge is -2.30.